The van der Waals surface area contributed by atoms with Crippen molar-refractivity contribution >= 4 is 37.6 Å². The maximum atomic E-state index is 12.1. The van der Waals surface area contributed by atoms with Crippen LogP contribution in [-0.4, -0.2) is 42.7 Å². The molecule has 146 valence electrons. The highest BCUT2D eigenvalue weighted by Crippen LogP contribution is 2.14. The van der Waals surface area contributed by atoms with Crippen molar-refractivity contribution in [2.75, 3.05) is 0 Å². The maximum Gasteiger partial charge on any atom is 0.408 e. The van der Waals surface area contributed by atoms with E-state index >= 15 is 0 Å². The van der Waals surface area contributed by atoms with Gasteiger partial charge in [-0.05, 0) is 79.8 Å². The van der Waals surface area contributed by atoms with Gasteiger partial charge in [0.2, 0.25) is 8.32 Å². The van der Waals surface area contributed by atoms with Crippen molar-refractivity contribution in [1.82, 2.24) is 5.32 Å². The molecule has 0 aliphatic heterocycles. The van der Waals surface area contributed by atoms with Crippen molar-refractivity contribution in [3.8, 4) is 0 Å². The molecule has 0 aromatic carbocycles. The first-order chi connectivity index (χ1) is 11.0. The molecule has 1 amide bonds. The van der Waals surface area contributed by atoms with Gasteiger partial charge in [-0.3, -0.25) is 4.79 Å². The third-order valence-electron chi connectivity index (χ3n) is 2.44. The van der Waals surface area contributed by atoms with Crippen molar-refractivity contribution in [3.63, 3.8) is 0 Å². The normalized spacial score (nSPS) is 13.6. The molecule has 1 N–H and O–H groups in total. The Morgan fingerprint density at radius 3 is 1.88 bits per heavy atom. The van der Waals surface area contributed by atoms with Crippen LogP contribution in [0, 0.1) is 0 Å². The van der Waals surface area contributed by atoms with Crippen LogP contribution in [0.5, 0.6) is 0 Å². The number of hydrogen-bond donors (Lipinski definition) is 1. The second-order valence-electron chi connectivity index (χ2n) is 8.86. The molecule has 0 radical (unpaired) electrons. The molecule has 0 saturated heterocycles. The first kappa shape index (κ1) is 23.8. The fraction of sp³-hybridized carbons (Fsp3) is 0.824. The van der Waals surface area contributed by atoms with E-state index in [1.54, 1.807) is 41.5 Å². The van der Waals surface area contributed by atoms with Gasteiger partial charge in [-0.15, -0.1) is 0 Å². The molecule has 0 saturated carbocycles. The summed E-state index contributed by atoms with van der Waals surface area (Å²) in [5.41, 5.74) is -1.18. The number of carbonyl (C=O) groups excluding carboxylic acids is 2. The van der Waals surface area contributed by atoms with Crippen LogP contribution in [0.1, 0.15) is 54.4 Å². The Balaban J connectivity index is 4.93. The van der Waals surface area contributed by atoms with Crippen LogP contribution in [0.4, 0.5) is 4.79 Å². The fourth-order valence-electron chi connectivity index (χ4n) is 1.73. The Morgan fingerprint density at radius 1 is 1.00 bits per heavy atom. The van der Waals surface area contributed by atoms with Crippen molar-refractivity contribution in [3.05, 3.63) is 0 Å². The number of thiocarbonyl (C=S) groups is 1. The van der Waals surface area contributed by atoms with Crippen LogP contribution < -0.4 is 5.32 Å². The number of carbonyl (C=O) groups is 2. The number of ether oxygens (including phenoxy) is 2. The molecule has 25 heavy (non-hydrogen) atoms. The van der Waals surface area contributed by atoms with E-state index in [1.165, 1.54) is 0 Å². The first-order valence-electron chi connectivity index (χ1n) is 8.43. The van der Waals surface area contributed by atoms with Gasteiger partial charge in [0, 0.05) is 6.42 Å². The van der Waals surface area contributed by atoms with E-state index < -0.39 is 31.7 Å². The van der Waals surface area contributed by atoms with Gasteiger partial charge in [0.15, 0.2) is 5.05 Å². The summed E-state index contributed by atoms with van der Waals surface area (Å²) in [6.07, 6.45) is -0.187. The summed E-state index contributed by atoms with van der Waals surface area (Å²) in [5, 5.41) is 2.97. The quantitative estimate of drug-likeness (QED) is 0.416. The van der Waals surface area contributed by atoms with Crippen LogP contribution in [-0.2, 0) is 18.7 Å². The largest absolute Gasteiger partial charge is 0.538 e. The van der Waals surface area contributed by atoms with Gasteiger partial charge < -0.3 is 19.2 Å². The van der Waals surface area contributed by atoms with E-state index in [0.717, 1.165) is 0 Å². The Bertz CT molecular complexity index is 489. The van der Waals surface area contributed by atoms with Gasteiger partial charge in [-0.2, -0.15) is 0 Å². The number of esters is 1. The molecule has 0 aromatic heterocycles. The summed E-state index contributed by atoms with van der Waals surface area (Å²) in [4.78, 5) is 24.0. The van der Waals surface area contributed by atoms with E-state index in [-0.39, 0.29) is 23.9 Å². The third-order valence-corrected chi connectivity index (χ3v) is 3.79. The highest BCUT2D eigenvalue weighted by molar-refractivity contribution is 7.80. The van der Waals surface area contributed by atoms with Gasteiger partial charge in [0.25, 0.3) is 0 Å². The molecule has 0 spiro atoms. The average molecular weight is 392 g/mol. The molecule has 6 nitrogen and oxygen atoms in total. The summed E-state index contributed by atoms with van der Waals surface area (Å²) in [5.74, 6) is -0.348. The number of hydrogen-bond acceptors (Lipinski definition) is 6. The highest BCUT2D eigenvalue weighted by atomic mass is 32.1. The minimum Gasteiger partial charge on any atom is -0.538 e. The van der Waals surface area contributed by atoms with Crippen LogP contribution in [0.3, 0.4) is 0 Å². The van der Waals surface area contributed by atoms with Crippen molar-refractivity contribution in [1.29, 1.82) is 0 Å². The van der Waals surface area contributed by atoms with Crippen LogP contribution in [0.2, 0.25) is 19.6 Å². The monoisotopic (exact) mass is 391 g/mol. The van der Waals surface area contributed by atoms with Gasteiger partial charge in [0.05, 0.1) is 6.04 Å². The van der Waals surface area contributed by atoms with Crippen LogP contribution in [0.15, 0.2) is 0 Å². The standard InChI is InChI=1S/C17H33NO5SSi/c1-16(2,3)21-13(19)11-10-12(14(24)23-25(7,8)9)18-15(20)22-17(4,5)6/h12H,10-11H2,1-9H3,(H,18,20). The summed E-state index contributed by atoms with van der Waals surface area (Å²) >= 11 is 5.34. The average Bonchev–Trinajstić information content (AvgIpc) is 2.27. The van der Waals surface area contributed by atoms with Crippen molar-refractivity contribution in [2.24, 2.45) is 0 Å². The van der Waals surface area contributed by atoms with E-state index in [0.29, 0.717) is 0 Å². The molecule has 1 unspecified atom stereocenters. The Morgan fingerprint density at radius 2 is 1.48 bits per heavy atom. The maximum absolute atomic E-state index is 12.1. The lowest BCUT2D eigenvalue weighted by atomic mass is 10.1. The van der Waals surface area contributed by atoms with Gasteiger partial charge in [-0.1, -0.05) is 0 Å². The molecule has 0 aliphatic rings. The van der Waals surface area contributed by atoms with Crippen LogP contribution >= 0.6 is 12.2 Å². The van der Waals surface area contributed by atoms with E-state index in [4.69, 9.17) is 26.1 Å². The highest BCUT2D eigenvalue weighted by Gasteiger charge is 2.28. The Hall–Kier alpha value is -1.15. The lowest BCUT2D eigenvalue weighted by Crippen LogP contribution is -2.46. The lowest BCUT2D eigenvalue weighted by molar-refractivity contribution is -0.155. The summed E-state index contributed by atoms with van der Waals surface area (Å²) in [6, 6.07) is -0.593. The predicted molar refractivity (Wildman–Crippen MR) is 105 cm³/mol. The Kier molecular flexibility index (Phi) is 8.57. The number of rotatable bonds is 6. The second-order valence-corrected chi connectivity index (χ2v) is 13.7. The van der Waals surface area contributed by atoms with Crippen LogP contribution in [0.25, 0.3) is 0 Å². The van der Waals surface area contributed by atoms with E-state index in [1.807, 2.05) is 19.6 Å². The predicted octanol–water partition coefficient (Wildman–Crippen LogP) is 4.18. The van der Waals surface area contributed by atoms with E-state index in [2.05, 4.69) is 5.32 Å². The summed E-state index contributed by atoms with van der Waals surface area (Å²) in [7, 11) is -1.92. The zero-order chi connectivity index (χ0) is 20.1. The molecule has 0 bridgehead atoms. The van der Waals surface area contributed by atoms with E-state index in [9.17, 15) is 9.59 Å². The molecule has 0 aliphatic carbocycles. The lowest BCUT2D eigenvalue weighted by Gasteiger charge is -2.28. The van der Waals surface area contributed by atoms with Gasteiger partial charge in [-0.25, -0.2) is 4.79 Å². The Labute approximate surface area is 158 Å². The van der Waals surface area contributed by atoms with Gasteiger partial charge in [0.1, 0.15) is 11.2 Å². The number of nitrogens with one attached hydrogen (secondary N) is 1. The smallest absolute Gasteiger partial charge is 0.408 e. The van der Waals surface area contributed by atoms with Crippen molar-refractivity contribution in [2.45, 2.75) is 91.3 Å². The molecule has 0 heterocycles. The minimum atomic E-state index is -1.92. The third kappa shape index (κ3) is 13.8. The molecule has 1 atom stereocenters. The first-order valence-corrected chi connectivity index (χ1v) is 12.2. The molecule has 0 rings (SSSR count). The fourth-order valence-corrected chi connectivity index (χ4v) is 3.40. The zero-order valence-electron chi connectivity index (χ0n) is 16.9. The zero-order valence-corrected chi connectivity index (χ0v) is 18.8. The summed E-state index contributed by atoms with van der Waals surface area (Å²) < 4.78 is 16.4. The molecule has 8 heteroatoms. The SMILES string of the molecule is CC(C)(C)OC(=O)CCC(NC(=O)OC(C)(C)C)C(=S)O[Si](C)(C)C. The van der Waals surface area contributed by atoms with Gasteiger partial charge >= 0.3 is 12.1 Å². The number of amides is 1. The molecular formula is C17H33NO5SSi. The topological polar surface area (TPSA) is 73.9 Å². The van der Waals surface area contributed by atoms with Crippen molar-refractivity contribution < 1.29 is 23.5 Å². The second kappa shape index (κ2) is 8.98. The number of alkyl carbamates (subject to hydrolysis) is 1. The summed E-state index contributed by atoms with van der Waals surface area (Å²) in [6.45, 7) is 16.7. The molecule has 0 fully saturated rings. The minimum absolute atomic E-state index is 0.118. The molecule has 0 aromatic rings. The molecular weight excluding hydrogens is 358 g/mol.